The van der Waals surface area contributed by atoms with E-state index in [-0.39, 0.29) is 5.91 Å². The number of nitrogens with two attached hydrogens (primary N) is 1. The van der Waals surface area contributed by atoms with Gasteiger partial charge < -0.3 is 15.1 Å². The fourth-order valence-electron chi connectivity index (χ4n) is 4.61. The smallest absolute Gasteiger partial charge is 0.253 e. The highest BCUT2D eigenvalue weighted by atomic mass is 16.3. The number of benzene rings is 2. The predicted molar refractivity (Wildman–Crippen MR) is 134 cm³/mol. The first-order valence-electron chi connectivity index (χ1n) is 11.8. The molecule has 0 radical (unpaired) electrons. The van der Waals surface area contributed by atoms with E-state index in [1.54, 1.807) is 6.26 Å². The lowest BCUT2D eigenvalue weighted by molar-refractivity contribution is 0.0773. The topological polar surface area (TPSA) is 62.7 Å². The molecule has 5 nitrogen and oxygen atoms in total. The number of nitrogen functional groups attached to an aromatic ring is 1. The molecule has 0 spiro atoms. The summed E-state index contributed by atoms with van der Waals surface area (Å²) in [7, 11) is 0. The number of carbonyl (C=O) groups excluding carboxylic acids is 1. The van der Waals surface area contributed by atoms with E-state index < -0.39 is 0 Å². The van der Waals surface area contributed by atoms with Crippen LogP contribution in [0.4, 0.5) is 5.69 Å². The number of likely N-dealkylation sites (tertiary alicyclic amines) is 1. The molecule has 0 saturated carbocycles. The number of hydrogen-bond acceptors (Lipinski definition) is 4. The van der Waals surface area contributed by atoms with Crippen LogP contribution in [0.15, 0.2) is 77.1 Å². The van der Waals surface area contributed by atoms with Gasteiger partial charge in [0.15, 0.2) is 0 Å². The molecule has 5 heteroatoms. The first-order valence-corrected chi connectivity index (χ1v) is 11.8. The van der Waals surface area contributed by atoms with Crippen molar-refractivity contribution in [1.29, 1.82) is 0 Å². The Bertz CT molecular complexity index is 1090. The molecule has 1 aliphatic heterocycles. The van der Waals surface area contributed by atoms with Gasteiger partial charge in [0.25, 0.3) is 5.91 Å². The zero-order valence-electron chi connectivity index (χ0n) is 19.6. The minimum absolute atomic E-state index is 0.0808. The molecular formula is C28H33N3O2. The van der Waals surface area contributed by atoms with Gasteiger partial charge in [0.05, 0.1) is 12.5 Å². The van der Waals surface area contributed by atoms with E-state index in [2.05, 4.69) is 29.2 Å². The highest BCUT2D eigenvalue weighted by Crippen LogP contribution is 2.33. The molecule has 2 heterocycles. The molecule has 2 N–H and O–H groups in total. The number of piperidine rings is 1. The Labute approximate surface area is 196 Å². The van der Waals surface area contributed by atoms with Crippen LogP contribution in [0.5, 0.6) is 0 Å². The molecule has 1 amide bonds. The Balaban J connectivity index is 1.62. The monoisotopic (exact) mass is 443 g/mol. The highest BCUT2D eigenvalue weighted by molar-refractivity contribution is 5.95. The summed E-state index contributed by atoms with van der Waals surface area (Å²) in [6.07, 6.45) is 5.56. The summed E-state index contributed by atoms with van der Waals surface area (Å²) in [6, 6.07) is 18.2. The minimum atomic E-state index is 0.0808. The summed E-state index contributed by atoms with van der Waals surface area (Å²) in [4.78, 5) is 17.1. The maximum Gasteiger partial charge on any atom is 0.253 e. The maximum absolute atomic E-state index is 12.8. The van der Waals surface area contributed by atoms with Crippen LogP contribution in [0.25, 0.3) is 5.57 Å². The van der Waals surface area contributed by atoms with Crippen LogP contribution in [0.1, 0.15) is 53.7 Å². The van der Waals surface area contributed by atoms with Crippen LogP contribution in [-0.2, 0) is 6.54 Å². The molecular weight excluding hydrogens is 410 g/mol. The Hall–Kier alpha value is -3.31. The van der Waals surface area contributed by atoms with Gasteiger partial charge in [-0.1, -0.05) is 29.8 Å². The van der Waals surface area contributed by atoms with Gasteiger partial charge in [-0.3, -0.25) is 9.69 Å². The van der Waals surface area contributed by atoms with Crippen LogP contribution in [0.2, 0.25) is 0 Å². The van der Waals surface area contributed by atoms with Gasteiger partial charge in [0.1, 0.15) is 0 Å². The summed E-state index contributed by atoms with van der Waals surface area (Å²) in [5.41, 5.74) is 13.8. The van der Waals surface area contributed by atoms with Crippen molar-refractivity contribution in [2.24, 2.45) is 0 Å². The van der Waals surface area contributed by atoms with Crippen LogP contribution < -0.4 is 5.73 Å². The zero-order chi connectivity index (χ0) is 23.2. The van der Waals surface area contributed by atoms with Gasteiger partial charge in [-0.15, -0.1) is 0 Å². The molecule has 0 bridgehead atoms. The van der Waals surface area contributed by atoms with Crippen molar-refractivity contribution in [3.63, 3.8) is 0 Å². The van der Waals surface area contributed by atoms with Crippen molar-refractivity contribution in [2.45, 2.75) is 33.2 Å². The minimum Gasteiger partial charge on any atom is -0.472 e. The van der Waals surface area contributed by atoms with Gasteiger partial charge in [0, 0.05) is 49.5 Å². The number of rotatable bonds is 7. The van der Waals surface area contributed by atoms with Crippen molar-refractivity contribution in [1.82, 2.24) is 9.80 Å². The Kier molecular flexibility index (Phi) is 7.30. The number of nitrogens with zero attached hydrogens (tertiary/aromatic N) is 2. The first-order chi connectivity index (χ1) is 16.1. The van der Waals surface area contributed by atoms with Crippen molar-refractivity contribution in [2.75, 3.05) is 31.9 Å². The number of carbonyl (C=O) groups is 1. The van der Waals surface area contributed by atoms with Gasteiger partial charge in [0.2, 0.25) is 0 Å². The molecule has 1 saturated heterocycles. The molecule has 1 aromatic heterocycles. The molecule has 0 atom stereocenters. The number of amides is 1. The zero-order valence-corrected chi connectivity index (χ0v) is 19.6. The third-order valence-corrected chi connectivity index (χ3v) is 6.45. The van der Waals surface area contributed by atoms with Gasteiger partial charge in [-0.25, -0.2) is 0 Å². The van der Waals surface area contributed by atoms with E-state index in [1.807, 2.05) is 55.3 Å². The quantitative estimate of drug-likeness (QED) is 0.494. The average molecular weight is 444 g/mol. The molecule has 1 aliphatic rings. The van der Waals surface area contributed by atoms with E-state index in [9.17, 15) is 4.79 Å². The van der Waals surface area contributed by atoms with Crippen molar-refractivity contribution in [3.05, 3.63) is 95.0 Å². The second-order valence-electron chi connectivity index (χ2n) is 8.57. The second-order valence-corrected chi connectivity index (χ2v) is 8.57. The van der Waals surface area contributed by atoms with Crippen molar-refractivity contribution >= 4 is 17.2 Å². The molecule has 33 heavy (non-hydrogen) atoms. The molecule has 172 valence electrons. The van der Waals surface area contributed by atoms with Gasteiger partial charge in [-0.2, -0.15) is 0 Å². The summed E-state index contributed by atoms with van der Waals surface area (Å²) in [5, 5.41) is 0. The average Bonchev–Trinajstić information content (AvgIpc) is 3.35. The Morgan fingerprint density at radius 1 is 0.970 bits per heavy atom. The van der Waals surface area contributed by atoms with Crippen LogP contribution >= 0.6 is 0 Å². The van der Waals surface area contributed by atoms with E-state index in [1.165, 1.54) is 16.7 Å². The highest BCUT2D eigenvalue weighted by Gasteiger charge is 2.20. The lowest BCUT2D eigenvalue weighted by atomic mass is 9.87. The number of furan rings is 1. The Morgan fingerprint density at radius 3 is 2.27 bits per heavy atom. The van der Waals surface area contributed by atoms with E-state index in [0.717, 1.165) is 54.9 Å². The third-order valence-electron chi connectivity index (χ3n) is 6.45. The standard InChI is InChI=1S/C28H33N3O2/c1-3-31(4-2)28(32)24-10-8-22(9-11-24)27(25-6-5-7-26(29)18-25)23-12-15-30(16-13-23)19-21-14-17-33-20-21/h5-11,14,17-18,20H,3-4,12-13,15-16,19,29H2,1-2H3. The largest absolute Gasteiger partial charge is 0.472 e. The van der Waals surface area contributed by atoms with Crippen LogP contribution in [0, 0.1) is 0 Å². The van der Waals surface area contributed by atoms with Crippen LogP contribution in [0.3, 0.4) is 0 Å². The van der Waals surface area contributed by atoms with Gasteiger partial charge >= 0.3 is 0 Å². The van der Waals surface area contributed by atoms with E-state index in [4.69, 9.17) is 10.2 Å². The molecule has 0 aliphatic carbocycles. The van der Waals surface area contributed by atoms with E-state index >= 15 is 0 Å². The molecule has 0 unspecified atom stereocenters. The maximum atomic E-state index is 12.8. The summed E-state index contributed by atoms with van der Waals surface area (Å²) in [6.45, 7) is 8.37. The normalized spacial score (nSPS) is 14.3. The lowest BCUT2D eigenvalue weighted by Gasteiger charge is -2.30. The van der Waals surface area contributed by atoms with Gasteiger partial charge in [-0.05, 0) is 73.7 Å². The van der Waals surface area contributed by atoms with Crippen molar-refractivity contribution < 1.29 is 9.21 Å². The summed E-state index contributed by atoms with van der Waals surface area (Å²) in [5.74, 6) is 0.0808. The molecule has 4 rings (SSSR count). The molecule has 1 fully saturated rings. The predicted octanol–water partition coefficient (Wildman–Crippen LogP) is 5.44. The van der Waals surface area contributed by atoms with Crippen LogP contribution in [-0.4, -0.2) is 41.9 Å². The lowest BCUT2D eigenvalue weighted by Crippen LogP contribution is -2.30. The summed E-state index contributed by atoms with van der Waals surface area (Å²) >= 11 is 0. The number of anilines is 1. The fourth-order valence-corrected chi connectivity index (χ4v) is 4.61. The fraction of sp³-hybridized carbons (Fsp3) is 0.321. The third kappa shape index (κ3) is 5.37. The molecule has 2 aromatic carbocycles. The second kappa shape index (κ2) is 10.5. The van der Waals surface area contributed by atoms with E-state index in [0.29, 0.717) is 13.1 Å². The first kappa shape index (κ1) is 22.9. The summed E-state index contributed by atoms with van der Waals surface area (Å²) < 4.78 is 5.22. The van der Waals surface area contributed by atoms with Crippen molar-refractivity contribution in [3.8, 4) is 0 Å². The molecule has 3 aromatic rings. The Morgan fingerprint density at radius 2 is 1.67 bits per heavy atom. The SMILES string of the molecule is CCN(CC)C(=O)c1ccc(C(=C2CCN(Cc3ccoc3)CC2)c2cccc(N)c2)cc1. The number of hydrogen-bond donors (Lipinski definition) is 1.